The second-order valence-electron chi connectivity index (χ2n) is 7.98. The highest BCUT2D eigenvalue weighted by atomic mass is 16.6. The first-order valence-corrected chi connectivity index (χ1v) is 9.40. The first-order chi connectivity index (χ1) is 13.8. The highest BCUT2D eigenvalue weighted by Crippen LogP contribution is 2.73. The van der Waals surface area contributed by atoms with Crippen molar-refractivity contribution in [3.05, 3.63) is 88.2 Å². The van der Waals surface area contributed by atoms with Crippen molar-refractivity contribution in [1.82, 2.24) is 0 Å². The second kappa shape index (κ2) is 7.29. The predicted octanol–water partition coefficient (Wildman–Crippen LogP) is 3.50. The molecule has 0 radical (unpaired) electrons. The van der Waals surface area contributed by atoms with Gasteiger partial charge in [-0.15, -0.1) is 0 Å². The summed E-state index contributed by atoms with van der Waals surface area (Å²) in [4.78, 5) is 17.7. The van der Waals surface area contributed by atoms with Crippen LogP contribution in [-0.2, 0) is 19.7 Å². The van der Waals surface area contributed by atoms with Gasteiger partial charge in [0.15, 0.2) is 0 Å². The Kier molecular flexibility index (Phi) is 5.15. The van der Waals surface area contributed by atoms with E-state index in [1.165, 1.54) is 14.2 Å². The summed E-state index contributed by atoms with van der Waals surface area (Å²) in [7, 11) is 2.61. The van der Waals surface area contributed by atoms with Crippen LogP contribution in [-0.4, -0.2) is 25.7 Å². The molecule has 0 spiro atoms. The van der Waals surface area contributed by atoms with Crippen molar-refractivity contribution in [2.75, 3.05) is 14.2 Å². The van der Waals surface area contributed by atoms with Gasteiger partial charge in [-0.1, -0.05) is 65.5 Å². The van der Waals surface area contributed by atoms with Crippen molar-refractivity contribution in [1.29, 1.82) is 0 Å². The Morgan fingerprint density at radius 3 is 1.79 bits per heavy atom. The molecule has 0 bridgehead atoms. The molecule has 3 rings (SSSR count). The normalized spacial score (nSPS) is 21.4. The summed E-state index contributed by atoms with van der Waals surface area (Å²) in [5, 5.41) is 12.9. The fourth-order valence-electron chi connectivity index (χ4n) is 3.92. The molecule has 1 atom stereocenters. The third-order valence-electron chi connectivity index (χ3n) is 5.10. The zero-order chi connectivity index (χ0) is 21.3. The molecule has 5 heteroatoms. The number of carbonyl (C=O) groups is 1. The SMILES string of the molecule is COC(=O)C1(C#[N+]C(C)(C)C)/C(=C(/[O-])OC)C1(c1ccccc1)c1ccccc1. The van der Waals surface area contributed by atoms with Crippen LogP contribution in [0.2, 0.25) is 0 Å². The molecule has 5 nitrogen and oxygen atoms in total. The van der Waals surface area contributed by atoms with Gasteiger partial charge < -0.3 is 14.6 Å². The van der Waals surface area contributed by atoms with Gasteiger partial charge in [-0.3, -0.25) is 0 Å². The highest BCUT2D eigenvalue weighted by molar-refractivity contribution is 5.99. The minimum absolute atomic E-state index is 0.254. The molecule has 2 aromatic carbocycles. The minimum Gasteiger partial charge on any atom is -0.616 e. The van der Waals surface area contributed by atoms with Crippen molar-refractivity contribution in [3.63, 3.8) is 0 Å². The average Bonchev–Trinajstić information content (AvgIpc) is 3.37. The topological polar surface area (TPSA) is 63.0 Å². The van der Waals surface area contributed by atoms with Gasteiger partial charge in [-0.2, -0.15) is 0 Å². The van der Waals surface area contributed by atoms with Gasteiger partial charge in [0.1, 0.15) is 0 Å². The van der Waals surface area contributed by atoms with E-state index in [1.807, 2.05) is 81.4 Å². The van der Waals surface area contributed by atoms with E-state index in [4.69, 9.17) is 9.47 Å². The number of hydrogen-bond donors (Lipinski definition) is 0. The highest BCUT2D eigenvalue weighted by Gasteiger charge is 2.83. The van der Waals surface area contributed by atoms with Crippen molar-refractivity contribution >= 4 is 5.97 Å². The Morgan fingerprint density at radius 2 is 1.41 bits per heavy atom. The molecule has 1 aliphatic rings. The number of esters is 1. The third-order valence-corrected chi connectivity index (χ3v) is 5.10. The van der Waals surface area contributed by atoms with Gasteiger partial charge in [-0.25, -0.2) is 4.79 Å². The summed E-state index contributed by atoms with van der Waals surface area (Å²) in [5.41, 5.74) is -1.31. The zero-order valence-electron chi connectivity index (χ0n) is 17.4. The lowest BCUT2D eigenvalue weighted by Crippen LogP contribution is -2.28. The first kappa shape index (κ1) is 20.5. The Labute approximate surface area is 171 Å². The molecule has 1 unspecified atom stereocenters. The molecule has 150 valence electrons. The van der Waals surface area contributed by atoms with Crippen molar-refractivity contribution in [2.45, 2.75) is 31.7 Å². The number of methoxy groups -OCH3 is 2. The molecule has 0 aliphatic heterocycles. The standard InChI is InChI=1S/C24H25NO4/c1-22(2,3)25-16-23(21(27)29-5)19(20(26)28-4)24(23,17-12-8-6-9-13-17)18-14-10-7-11-15-18/h6-15H,1-5H3/b20-19+. The maximum atomic E-state index is 13.2. The molecule has 1 saturated carbocycles. The molecule has 1 aliphatic carbocycles. The van der Waals surface area contributed by atoms with Gasteiger partial charge in [0.05, 0.1) is 18.5 Å². The summed E-state index contributed by atoms with van der Waals surface area (Å²) in [6.07, 6.45) is 0. The van der Waals surface area contributed by atoms with E-state index in [1.54, 1.807) is 0 Å². The van der Waals surface area contributed by atoms with Crippen LogP contribution in [0.1, 0.15) is 31.9 Å². The number of carbonyl (C=O) groups excluding carboxylic acids is 1. The van der Waals surface area contributed by atoms with Crippen molar-refractivity contribution in [2.24, 2.45) is 5.41 Å². The Balaban J connectivity index is 2.47. The molecule has 29 heavy (non-hydrogen) atoms. The molecule has 0 N–H and O–H groups in total. The van der Waals surface area contributed by atoms with Gasteiger partial charge in [-0.05, 0) is 18.2 Å². The van der Waals surface area contributed by atoms with E-state index in [2.05, 4.69) is 10.9 Å². The van der Waals surface area contributed by atoms with Gasteiger partial charge in [0.2, 0.25) is 5.41 Å². The molecule has 2 aromatic rings. The van der Waals surface area contributed by atoms with Crippen LogP contribution in [0.25, 0.3) is 4.85 Å². The zero-order valence-corrected chi connectivity index (χ0v) is 17.4. The molecule has 0 amide bonds. The van der Waals surface area contributed by atoms with Gasteiger partial charge in [0, 0.05) is 26.3 Å². The third kappa shape index (κ3) is 3.05. The largest absolute Gasteiger partial charge is 0.616 e. The Morgan fingerprint density at radius 1 is 0.931 bits per heavy atom. The predicted molar refractivity (Wildman–Crippen MR) is 109 cm³/mol. The van der Waals surface area contributed by atoms with E-state index in [0.29, 0.717) is 0 Å². The number of ether oxygens (including phenoxy) is 2. The van der Waals surface area contributed by atoms with Crippen LogP contribution in [0.5, 0.6) is 0 Å². The number of hydrogen-bond acceptors (Lipinski definition) is 4. The molecular formula is C24H25NO4. The van der Waals surface area contributed by atoms with E-state index in [9.17, 15) is 9.90 Å². The summed E-state index contributed by atoms with van der Waals surface area (Å²) in [5.74, 6) is -1.18. The van der Waals surface area contributed by atoms with Crippen molar-refractivity contribution < 1.29 is 19.4 Å². The molecule has 0 heterocycles. The summed E-state index contributed by atoms with van der Waals surface area (Å²) >= 11 is 0. The monoisotopic (exact) mass is 391 g/mol. The Bertz CT molecular complexity index is 954. The van der Waals surface area contributed by atoms with Crippen molar-refractivity contribution in [3.8, 4) is 6.07 Å². The van der Waals surface area contributed by atoms with E-state index in [-0.39, 0.29) is 5.57 Å². The van der Waals surface area contributed by atoms with Crippen LogP contribution >= 0.6 is 0 Å². The van der Waals surface area contributed by atoms with Crippen LogP contribution in [0.4, 0.5) is 0 Å². The number of benzene rings is 2. The first-order valence-electron chi connectivity index (χ1n) is 9.40. The maximum Gasteiger partial charge on any atom is 0.336 e. The lowest BCUT2D eigenvalue weighted by atomic mass is 9.80. The minimum atomic E-state index is -1.51. The van der Waals surface area contributed by atoms with Gasteiger partial charge in [0.25, 0.3) is 11.6 Å². The number of nitrogens with zero attached hydrogens (tertiary/aromatic N) is 1. The van der Waals surface area contributed by atoms with E-state index < -0.39 is 28.3 Å². The second-order valence-corrected chi connectivity index (χ2v) is 7.98. The summed E-state index contributed by atoms with van der Waals surface area (Å²) in [6, 6.07) is 21.8. The lowest BCUT2D eigenvalue weighted by Gasteiger charge is -2.20. The Hall–Kier alpha value is -3.26. The van der Waals surface area contributed by atoms with Crippen LogP contribution in [0.3, 0.4) is 0 Å². The average molecular weight is 391 g/mol. The number of rotatable bonds is 4. The lowest BCUT2D eigenvalue weighted by molar-refractivity contribution is -0.354. The fraction of sp³-hybridized carbons (Fsp3) is 0.333. The van der Waals surface area contributed by atoms with Crippen LogP contribution in [0.15, 0.2) is 72.2 Å². The summed E-state index contributed by atoms with van der Waals surface area (Å²) < 4.78 is 10.3. The van der Waals surface area contributed by atoms with Crippen LogP contribution in [0, 0.1) is 11.5 Å². The smallest absolute Gasteiger partial charge is 0.336 e. The van der Waals surface area contributed by atoms with E-state index in [0.717, 1.165) is 11.1 Å². The molecule has 1 fully saturated rings. The fourth-order valence-corrected chi connectivity index (χ4v) is 3.92. The van der Waals surface area contributed by atoms with E-state index >= 15 is 0 Å². The van der Waals surface area contributed by atoms with Crippen LogP contribution < -0.4 is 5.11 Å². The van der Waals surface area contributed by atoms with Gasteiger partial charge >= 0.3 is 5.97 Å². The quantitative estimate of drug-likeness (QED) is 0.591. The summed E-state index contributed by atoms with van der Waals surface area (Å²) in [6.45, 7) is 5.70. The molecule has 0 aromatic heterocycles. The molecule has 0 saturated heterocycles. The molecular weight excluding hydrogens is 366 g/mol. The maximum absolute atomic E-state index is 13.2.